The van der Waals surface area contributed by atoms with Crippen LogP contribution in [-0.4, -0.2) is 48.5 Å². The number of aliphatic imine (C=N–C) groups is 2. The molecule has 0 amide bonds. The van der Waals surface area contributed by atoms with E-state index in [0.717, 1.165) is 62.8 Å². The van der Waals surface area contributed by atoms with Crippen LogP contribution in [0.3, 0.4) is 0 Å². The molecule has 2 aliphatic rings. The maximum absolute atomic E-state index is 12.9. The third-order valence-electron chi connectivity index (χ3n) is 5.46. The highest BCUT2D eigenvalue weighted by Gasteiger charge is 2.35. The summed E-state index contributed by atoms with van der Waals surface area (Å²) in [5, 5.41) is 0. The van der Waals surface area contributed by atoms with Crippen LogP contribution in [0, 0.1) is 0 Å². The highest BCUT2D eigenvalue weighted by molar-refractivity contribution is 5.95. The molecule has 1 saturated heterocycles. The molecule has 164 valence electrons. The van der Waals surface area contributed by atoms with Gasteiger partial charge in [-0.1, -0.05) is 45.4 Å². The number of fused-ring (bicyclic) bond motifs is 1. The molecule has 6 N–H and O–H groups in total. The van der Waals surface area contributed by atoms with Gasteiger partial charge in [0.1, 0.15) is 0 Å². The maximum Gasteiger partial charge on any atom is 0.337 e. The van der Waals surface area contributed by atoms with E-state index in [4.69, 9.17) is 21.9 Å². The van der Waals surface area contributed by atoms with Gasteiger partial charge in [0.2, 0.25) is 0 Å². The van der Waals surface area contributed by atoms with Crippen molar-refractivity contribution in [3.8, 4) is 0 Å². The number of hydrogen-bond donors (Lipinski definition) is 3. The first-order valence-corrected chi connectivity index (χ1v) is 11.1. The number of esters is 1. The summed E-state index contributed by atoms with van der Waals surface area (Å²) in [6.45, 7) is 3.95. The summed E-state index contributed by atoms with van der Waals surface area (Å²) in [5.74, 6) is 0.383. The first-order chi connectivity index (χ1) is 14.0. The lowest BCUT2D eigenvalue weighted by molar-refractivity contribution is -0.139. The van der Waals surface area contributed by atoms with Crippen LogP contribution < -0.4 is 17.2 Å². The van der Waals surface area contributed by atoms with Gasteiger partial charge in [-0.15, -0.1) is 0 Å². The largest absolute Gasteiger partial charge is 0.462 e. The second-order valence-electron chi connectivity index (χ2n) is 7.82. The van der Waals surface area contributed by atoms with Crippen molar-refractivity contribution >= 4 is 17.9 Å². The molecule has 0 spiro atoms. The minimum Gasteiger partial charge on any atom is -0.462 e. The number of hydrogen-bond acceptors (Lipinski definition) is 6. The Kier molecular flexibility index (Phi) is 9.80. The van der Waals surface area contributed by atoms with Crippen molar-refractivity contribution in [2.24, 2.45) is 27.2 Å². The van der Waals surface area contributed by atoms with E-state index in [9.17, 15) is 4.79 Å². The summed E-state index contributed by atoms with van der Waals surface area (Å²) in [4.78, 5) is 23.5. The van der Waals surface area contributed by atoms with Gasteiger partial charge in [0.05, 0.1) is 18.2 Å². The van der Waals surface area contributed by atoms with Gasteiger partial charge >= 0.3 is 5.97 Å². The van der Waals surface area contributed by atoms with E-state index in [1.165, 1.54) is 25.7 Å². The number of carbonyl (C=O) groups excluding carboxylic acids is 1. The Labute approximate surface area is 174 Å². The quantitative estimate of drug-likeness (QED) is 0.186. The Bertz CT molecular complexity index is 625. The molecule has 8 nitrogen and oxygen atoms in total. The van der Waals surface area contributed by atoms with Crippen molar-refractivity contribution in [1.29, 1.82) is 0 Å². The van der Waals surface area contributed by atoms with Crippen molar-refractivity contribution in [2.45, 2.75) is 83.6 Å². The number of ether oxygens (including phenoxy) is 1. The van der Waals surface area contributed by atoms with Crippen LogP contribution in [0.1, 0.15) is 77.6 Å². The minimum absolute atomic E-state index is 0.0884. The van der Waals surface area contributed by atoms with Crippen molar-refractivity contribution in [3.63, 3.8) is 0 Å². The molecule has 0 aromatic carbocycles. The second-order valence-corrected chi connectivity index (χ2v) is 7.82. The average molecular weight is 407 g/mol. The van der Waals surface area contributed by atoms with Crippen LogP contribution >= 0.6 is 0 Å². The minimum atomic E-state index is -0.249. The summed E-state index contributed by atoms with van der Waals surface area (Å²) in [6, 6.07) is -0.181. The Hall–Kier alpha value is -2.25. The highest BCUT2D eigenvalue weighted by atomic mass is 16.5. The summed E-state index contributed by atoms with van der Waals surface area (Å²) < 4.78 is 5.58. The molecule has 0 aromatic rings. The van der Waals surface area contributed by atoms with Crippen LogP contribution in [0.15, 0.2) is 21.3 Å². The number of allylic oxidation sites excluding steroid dienone is 1. The number of carbonyl (C=O) groups is 1. The third-order valence-corrected chi connectivity index (χ3v) is 5.46. The fraction of sp³-hybridized carbons (Fsp3) is 0.762. The van der Waals surface area contributed by atoms with E-state index in [2.05, 4.69) is 16.9 Å². The highest BCUT2D eigenvalue weighted by Crippen LogP contribution is 2.33. The monoisotopic (exact) mass is 406 g/mol. The zero-order valence-electron chi connectivity index (χ0n) is 17.9. The zero-order chi connectivity index (χ0) is 21.1. The molecule has 0 aliphatic carbocycles. The van der Waals surface area contributed by atoms with E-state index in [0.29, 0.717) is 19.1 Å². The van der Waals surface area contributed by atoms with E-state index >= 15 is 0 Å². The second kappa shape index (κ2) is 12.3. The first kappa shape index (κ1) is 23.0. The fourth-order valence-corrected chi connectivity index (χ4v) is 3.94. The number of guanidine groups is 2. The van der Waals surface area contributed by atoms with E-state index in [-0.39, 0.29) is 18.0 Å². The van der Waals surface area contributed by atoms with Gasteiger partial charge in [-0.2, -0.15) is 0 Å². The van der Waals surface area contributed by atoms with Crippen molar-refractivity contribution < 1.29 is 9.53 Å². The van der Waals surface area contributed by atoms with Crippen LogP contribution in [0.2, 0.25) is 0 Å². The molecule has 0 bridgehead atoms. The molecule has 0 aromatic heterocycles. The number of rotatable bonds is 13. The molecule has 29 heavy (non-hydrogen) atoms. The molecular weight excluding hydrogens is 368 g/mol. The van der Waals surface area contributed by atoms with Crippen LogP contribution in [0.5, 0.6) is 0 Å². The molecule has 0 unspecified atom stereocenters. The molecule has 2 heterocycles. The lowest BCUT2D eigenvalue weighted by Crippen LogP contribution is -2.41. The van der Waals surface area contributed by atoms with Gasteiger partial charge in [-0.05, 0) is 32.1 Å². The molecule has 2 aliphatic heterocycles. The molecule has 1 atom stereocenters. The molecular formula is C21H38N6O2. The predicted octanol–water partition coefficient (Wildman–Crippen LogP) is 2.38. The van der Waals surface area contributed by atoms with Gasteiger partial charge < -0.3 is 26.8 Å². The maximum atomic E-state index is 12.9. The summed E-state index contributed by atoms with van der Waals surface area (Å²) >= 11 is 0. The normalized spacial score (nSPS) is 18.4. The molecule has 2 rings (SSSR count). The number of nitrogens with zero attached hydrogens (tertiary/aromatic N) is 3. The standard InChI is InChI=1S/C21H38N6O2/c1-2-3-4-5-6-7-11-16-18(17-12-10-14-27(17)21(24)26-16)19(28)29-15-9-8-13-25-20(22)23/h16H,2-15H2,1H3,(H2,24,26)(H4,22,23,25)/t16-/m0/s1. The molecule has 8 heteroatoms. The van der Waals surface area contributed by atoms with Gasteiger partial charge in [-0.3, -0.25) is 4.99 Å². The lowest BCUT2D eigenvalue weighted by Gasteiger charge is -2.30. The van der Waals surface area contributed by atoms with Gasteiger partial charge in [-0.25, -0.2) is 9.79 Å². The van der Waals surface area contributed by atoms with E-state index < -0.39 is 0 Å². The average Bonchev–Trinajstić information content (AvgIpc) is 3.17. The van der Waals surface area contributed by atoms with Crippen LogP contribution in [0.25, 0.3) is 0 Å². The topological polar surface area (TPSA) is 132 Å². The zero-order valence-corrected chi connectivity index (χ0v) is 17.9. The third kappa shape index (κ3) is 7.25. The Morgan fingerprint density at radius 1 is 1.17 bits per heavy atom. The first-order valence-electron chi connectivity index (χ1n) is 11.1. The van der Waals surface area contributed by atoms with Crippen molar-refractivity contribution in [3.05, 3.63) is 11.3 Å². The van der Waals surface area contributed by atoms with E-state index in [1.54, 1.807) is 0 Å². The summed E-state index contributed by atoms with van der Waals surface area (Å²) in [7, 11) is 0. The lowest BCUT2D eigenvalue weighted by atomic mass is 9.96. The SMILES string of the molecule is CCCCCCCC[C@@H]1N=C(N)N2CCCC2=C1C(=O)OCCCCN=C(N)N. The Morgan fingerprint density at radius 3 is 2.69 bits per heavy atom. The number of unbranched alkanes of at least 4 members (excludes halogenated alkanes) is 6. The Balaban J connectivity index is 1.90. The van der Waals surface area contributed by atoms with E-state index in [1.807, 2.05) is 4.90 Å². The molecule has 0 saturated carbocycles. The van der Waals surface area contributed by atoms with Crippen molar-refractivity contribution in [1.82, 2.24) is 4.90 Å². The summed E-state index contributed by atoms with van der Waals surface area (Å²) in [6.07, 6.45) is 11.4. The fourth-order valence-electron chi connectivity index (χ4n) is 3.94. The Morgan fingerprint density at radius 2 is 1.93 bits per heavy atom. The summed E-state index contributed by atoms with van der Waals surface area (Å²) in [5.41, 5.74) is 18.5. The van der Waals surface area contributed by atoms with Gasteiger partial charge in [0.25, 0.3) is 0 Å². The van der Waals surface area contributed by atoms with Crippen LogP contribution in [-0.2, 0) is 9.53 Å². The molecule has 1 fully saturated rings. The smallest absolute Gasteiger partial charge is 0.337 e. The molecule has 0 radical (unpaired) electrons. The van der Waals surface area contributed by atoms with Crippen molar-refractivity contribution in [2.75, 3.05) is 19.7 Å². The van der Waals surface area contributed by atoms with Gasteiger partial charge in [0.15, 0.2) is 11.9 Å². The van der Waals surface area contributed by atoms with Gasteiger partial charge in [0, 0.05) is 18.8 Å². The number of nitrogens with two attached hydrogens (primary N) is 3. The van der Waals surface area contributed by atoms with Crippen LogP contribution in [0.4, 0.5) is 0 Å². The predicted molar refractivity (Wildman–Crippen MR) is 117 cm³/mol.